The Labute approximate surface area is 103 Å². The number of hydrogen-bond donors (Lipinski definition) is 2. The molecular formula is C14H22O3. The van der Waals surface area contributed by atoms with Crippen LogP contribution in [0, 0.1) is 0 Å². The maximum Gasteiger partial charge on any atom is 0.125 e. The van der Waals surface area contributed by atoms with Crippen molar-refractivity contribution in [2.75, 3.05) is 13.2 Å². The van der Waals surface area contributed by atoms with E-state index in [2.05, 4.69) is 0 Å². The molecule has 0 amide bonds. The van der Waals surface area contributed by atoms with E-state index in [1.54, 1.807) is 0 Å². The Morgan fingerprint density at radius 3 is 2.65 bits per heavy atom. The van der Waals surface area contributed by atoms with E-state index in [9.17, 15) is 5.11 Å². The van der Waals surface area contributed by atoms with Gasteiger partial charge in [0.2, 0.25) is 0 Å². The van der Waals surface area contributed by atoms with Crippen LogP contribution in [0.2, 0.25) is 0 Å². The number of ether oxygens (including phenoxy) is 1. The molecule has 3 nitrogen and oxygen atoms in total. The molecule has 3 heteroatoms. The van der Waals surface area contributed by atoms with Gasteiger partial charge in [0, 0.05) is 12.2 Å². The highest BCUT2D eigenvalue weighted by Crippen LogP contribution is 2.26. The Hall–Kier alpha value is -1.06. The SMILES string of the molecule is CC[C@H](O)c1ccccc1OCCCCCO. The average Bonchev–Trinajstić information content (AvgIpc) is 2.38. The van der Waals surface area contributed by atoms with Crippen LogP contribution in [-0.4, -0.2) is 23.4 Å². The zero-order chi connectivity index (χ0) is 12.5. The van der Waals surface area contributed by atoms with Gasteiger partial charge >= 0.3 is 0 Å². The fraction of sp³-hybridized carbons (Fsp3) is 0.571. The van der Waals surface area contributed by atoms with Gasteiger partial charge in [0.15, 0.2) is 0 Å². The van der Waals surface area contributed by atoms with E-state index in [-0.39, 0.29) is 6.61 Å². The van der Waals surface area contributed by atoms with E-state index in [0.29, 0.717) is 13.0 Å². The third kappa shape index (κ3) is 4.75. The summed E-state index contributed by atoms with van der Waals surface area (Å²) in [5.74, 6) is 0.769. The highest BCUT2D eigenvalue weighted by Gasteiger charge is 2.10. The highest BCUT2D eigenvalue weighted by molar-refractivity contribution is 5.34. The molecule has 0 saturated heterocycles. The minimum absolute atomic E-state index is 0.241. The molecule has 1 rings (SSSR count). The standard InChI is InChI=1S/C14H22O3/c1-2-13(16)12-8-4-5-9-14(12)17-11-7-3-6-10-15/h4-5,8-9,13,15-16H,2-3,6-7,10-11H2,1H3/t13-/m0/s1. The van der Waals surface area contributed by atoms with Crippen LogP contribution in [-0.2, 0) is 0 Å². The van der Waals surface area contributed by atoms with Crippen LogP contribution in [0.1, 0.15) is 44.3 Å². The minimum Gasteiger partial charge on any atom is -0.493 e. The Morgan fingerprint density at radius 1 is 1.18 bits per heavy atom. The molecule has 0 aromatic heterocycles. The predicted octanol–water partition coefficient (Wildman–Crippen LogP) is 2.67. The van der Waals surface area contributed by atoms with Gasteiger partial charge in [-0.15, -0.1) is 0 Å². The Morgan fingerprint density at radius 2 is 1.94 bits per heavy atom. The summed E-state index contributed by atoms with van der Waals surface area (Å²) >= 11 is 0. The number of benzene rings is 1. The molecule has 0 radical (unpaired) electrons. The second-order valence-corrected chi connectivity index (χ2v) is 4.09. The molecular weight excluding hydrogens is 216 g/mol. The molecule has 2 N–H and O–H groups in total. The van der Waals surface area contributed by atoms with E-state index >= 15 is 0 Å². The van der Waals surface area contributed by atoms with Crippen LogP contribution in [0.3, 0.4) is 0 Å². The van der Waals surface area contributed by atoms with Gasteiger partial charge in [0.05, 0.1) is 12.7 Å². The van der Waals surface area contributed by atoms with Crippen molar-refractivity contribution in [3.63, 3.8) is 0 Å². The van der Waals surface area contributed by atoms with E-state index in [1.807, 2.05) is 31.2 Å². The highest BCUT2D eigenvalue weighted by atomic mass is 16.5. The van der Waals surface area contributed by atoms with Crippen molar-refractivity contribution >= 4 is 0 Å². The summed E-state index contributed by atoms with van der Waals surface area (Å²) in [6, 6.07) is 7.61. The summed E-state index contributed by atoms with van der Waals surface area (Å²) in [5.41, 5.74) is 0.858. The molecule has 0 spiro atoms. The van der Waals surface area contributed by atoms with Crippen molar-refractivity contribution in [1.29, 1.82) is 0 Å². The topological polar surface area (TPSA) is 49.7 Å². The zero-order valence-corrected chi connectivity index (χ0v) is 10.4. The van der Waals surface area contributed by atoms with Crippen LogP contribution in [0.15, 0.2) is 24.3 Å². The van der Waals surface area contributed by atoms with E-state index in [0.717, 1.165) is 30.6 Å². The smallest absolute Gasteiger partial charge is 0.125 e. The molecule has 0 heterocycles. The summed E-state index contributed by atoms with van der Waals surface area (Å²) in [5, 5.41) is 18.5. The first-order valence-corrected chi connectivity index (χ1v) is 6.30. The molecule has 0 fully saturated rings. The summed E-state index contributed by atoms with van der Waals surface area (Å²) in [7, 11) is 0. The van der Waals surface area contributed by atoms with Gasteiger partial charge in [-0.2, -0.15) is 0 Å². The van der Waals surface area contributed by atoms with E-state index < -0.39 is 6.10 Å². The van der Waals surface area contributed by atoms with Crippen LogP contribution < -0.4 is 4.74 Å². The predicted molar refractivity (Wildman–Crippen MR) is 68.1 cm³/mol. The minimum atomic E-state index is -0.455. The lowest BCUT2D eigenvalue weighted by Gasteiger charge is -2.14. The van der Waals surface area contributed by atoms with E-state index in [4.69, 9.17) is 9.84 Å². The number of para-hydroxylation sites is 1. The third-order valence-electron chi connectivity index (χ3n) is 2.72. The monoisotopic (exact) mass is 238 g/mol. The lowest BCUT2D eigenvalue weighted by molar-refractivity contribution is 0.166. The molecule has 96 valence electrons. The molecule has 1 aromatic carbocycles. The fourth-order valence-corrected chi connectivity index (χ4v) is 1.68. The molecule has 0 bridgehead atoms. The van der Waals surface area contributed by atoms with Crippen LogP contribution in [0.5, 0.6) is 5.75 Å². The molecule has 17 heavy (non-hydrogen) atoms. The van der Waals surface area contributed by atoms with Gasteiger partial charge in [-0.1, -0.05) is 25.1 Å². The van der Waals surface area contributed by atoms with Crippen LogP contribution >= 0.6 is 0 Å². The molecule has 0 saturated carbocycles. The van der Waals surface area contributed by atoms with Gasteiger partial charge in [-0.05, 0) is 31.7 Å². The Balaban J connectivity index is 2.46. The number of unbranched alkanes of at least 4 members (excludes halogenated alkanes) is 2. The quantitative estimate of drug-likeness (QED) is 0.685. The van der Waals surface area contributed by atoms with Crippen molar-refractivity contribution in [2.24, 2.45) is 0 Å². The Kier molecular flexibility index (Phi) is 6.67. The largest absolute Gasteiger partial charge is 0.493 e. The van der Waals surface area contributed by atoms with Crippen molar-refractivity contribution in [3.05, 3.63) is 29.8 Å². The summed E-state index contributed by atoms with van der Waals surface area (Å²) < 4.78 is 5.67. The lowest BCUT2D eigenvalue weighted by atomic mass is 10.1. The Bertz CT molecular complexity index is 312. The van der Waals surface area contributed by atoms with Crippen LogP contribution in [0.25, 0.3) is 0 Å². The molecule has 0 unspecified atom stereocenters. The van der Waals surface area contributed by atoms with Gasteiger partial charge < -0.3 is 14.9 Å². The lowest BCUT2D eigenvalue weighted by Crippen LogP contribution is -2.03. The first kappa shape index (κ1) is 14.0. The maximum absolute atomic E-state index is 9.84. The van der Waals surface area contributed by atoms with Crippen molar-refractivity contribution in [1.82, 2.24) is 0 Å². The molecule has 1 aromatic rings. The van der Waals surface area contributed by atoms with Crippen molar-refractivity contribution < 1.29 is 14.9 Å². The second-order valence-electron chi connectivity index (χ2n) is 4.09. The van der Waals surface area contributed by atoms with Crippen LogP contribution in [0.4, 0.5) is 0 Å². The number of aliphatic hydroxyl groups is 2. The van der Waals surface area contributed by atoms with Gasteiger partial charge in [0.1, 0.15) is 5.75 Å². The normalized spacial score (nSPS) is 12.4. The van der Waals surface area contributed by atoms with E-state index in [1.165, 1.54) is 0 Å². The summed E-state index contributed by atoms with van der Waals surface area (Å²) in [4.78, 5) is 0. The van der Waals surface area contributed by atoms with Crippen molar-refractivity contribution in [3.8, 4) is 5.75 Å². The molecule has 0 aliphatic carbocycles. The molecule has 0 aliphatic heterocycles. The van der Waals surface area contributed by atoms with Gasteiger partial charge in [-0.25, -0.2) is 0 Å². The van der Waals surface area contributed by atoms with Gasteiger partial charge in [0.25, 0.3) is 0 Å². The molecule has 1 atom stereocenters. The zero-order valence-electron chi connectivity index (χ0n) is 10.4. The molecule has 0 aliphatic rings. The fourth-order valence-electron chi connectivity index (χ4n) is 1.68. The number of aliphatic hydroxyl groups excluding tert-OH is 2. The summed E-state index contributed by atoms with van der Waals surface area (Å²) in [6.45, 7) is 2.82. The van der Waals surface area contributed by atoms with Crippen molar-refractivity contribution in [2.45, 2.75) is 38.7 Å². The summed E-state index contributed by atoms with van der Waals surface area (Å²) in [6.07, 6.45) is 2.95. The third-order valence-corrected chi connectivity index (χ3v) is 2.72. The average molecular weight is 238 g/mol. The first-order chi connectivity index (χ1) is 8.29. The second kappa shape index (κ2) is 8.09. The number of hydrogen-bond acceptors (Lipinski definition) is 3. The first-order valence-electron chi connectivity index (χ1n) is 6.30. The number of rotatable bonds is 8. The maximum atomic E-state index is 9.84. The van der Waals surface area contributed by atoms with Gasteiger partial charge in [-0.3, -0.25) is 0 Å².